The highest BCUT2D eigenvalue weighted by Gasteiger charge is 2.27. The molecule has 1 heterocycles. The molecule has 2 amide bonds. The van der Waals surface area contributed by atoms with Gasteiger partial charge >= 0.3 is 0 Å². The Labute approximate surface area is 158 Å². The van der Waals surface area contributed by atoms with Crippen LogP contribution in [0.3, 0.4) is 0 Å². The zero-order valence-electron chi connectivity index (χ0n) is 15.4. The maximum absolute atomic E-state index is 12.8. The van der Waals surface area contributed by atoms with Gasteiger partial charge in [0.2, 0.25) is 11.8 Å². The smallest absolute Gasteiger partial charge is 0.273 e. The number of oxazole rings is 1. The van der Waals surface area contributed by atoms with Crippen LogP contribution in [0.5, 0.6) is 0 Å². The first-order chi connectivity index (χ1) is 12.3. The van der Waals surface area contributed by atoms with Crippen LogP contribution in [-0.4, -0.2) is 33.8 Å². The Kier molecular flexibility index (Phi) is 6.80. The summed E-state index contributed by atoms with van der Waals surface area (Å²) in [5.74, 6) is -0.255. The van der Waals surface area contributed by atoms with Crippen molar-refractivity contribution in [3.8, 4) is 0 Å². The van der Waals surface area contributed by atoms with Crippen LogP contribution in [0, 0.1) is 0 Å². The highest BCUT2D eigenvalue weighted by Crippen LogP contribution is 2.24. The van der Waals surface area contributed by atoms with E-state index in [4.69, 9.17) is 16.0 Å². The van der Waals surface area contributed by atoms with Gasteiger partial charge in [0.1, 0.15) is 11.6 Å². The number of hydrogen-bond donors (Lipinski definition) is 1. The van der Waals surface area contributed by atoms with Gasteiger partial charge < -0.3 is 14.6 Å². The van der Waals surface area contributed by atoms with Gasteiger partial charge in [-0.2, -0.15) is 0 Å². The standard InChI is InChI=1S/C19H24ClN3O3/c1-12(2)21-18(24)15-11-26-16(22-15)10-23(13(3)4)19(25)17(20)14-8-6-5-7-9-14/h5-9,11-13,17H,10H2,1-4H3,(H,21,24)/t17-/m0/s1. The monoisotopic (exact) mass is 377 g/mol. The normalized spacial score (nSPS) is 12.3. The minimum atomic E-state index is -0.794. The quantitative estimate of drug-likeness (QED) is 0.749. The first-order valence-electron chi connectivity index (χ1n) is 8.54. The molecule has 6 nitrogen and oxygen atoms in total. The van der Waals surface area contributed by atoms with Crippen molar-refractivity contribution in [3.63, 3.8) is 0 Å². The van der Waals surface area contributed by atoms with Gasteiger partial charge in [0.05, 0.1) is 6.54 Å². The van der Waals surface area contributed by atoms with Crippen LogP contribution >= 0.6 is 11.6 Å². The van der Waals surface area contributed by atoms with Crippen molar-refractivity contribution in [3.05, 3.63) is 53.7 Å². The van der Waals surface area contributed by atoms with E-state index in [1.807, 2.05) is 58.0 Å². The van der Waals surface area contributed by atoms with Crippen molar-refractivity contribution in [1.29, 1.82) is 0 Å². The maximum atomic E-state index is 12.8. The van der Waals surface area contributed by atoms with Gasteiger partial charge in [-0.1, -0.05) is 30.3 Å². The predicted octanol–water partition coefficient (Wildman–Crippen LogP) is 3.53. The largest absolute Gasteiger partial charge is 0.446 e. The van der Waals surface area contributed by atoms with E-state index in [9.17, 15) is 9.59 Å². The fraction of sp³-hybridized carbons (Fsp3) is 0.421. The molecular weight excluding hydrogens is 354 g/mol. The summed E-state index contributed by atoms with van der Waals surface area (Å²) in [6, 6.07) is 9.07. The molecule has 1 aromatic carbocycles. The van der Waals surface area contributed by atoms with E-state index >= 15 is 0 Å². The second-order valence-corrected chi connectivity index (χ2v) is 7.02. The van der Waals surface area contributed by atoms with Gasteiger partial charge in [0.15, 0.2) is 5.69 Å². The fourth-order valence-electron chi connectivity index (χ4n) is 2.39. The molecule has 0 saturated carbocycles. The second-order valence-electron chi connectivity index (χ2n) is 6.59. The van der Waals surface area contributed by atoms with Gasteiger partial charge in [-0.15, -0.1) is 11.6 Å². The molecule has 0 unspecified atom stereocenters. The van der Waals surface area contributed by atoms with Gasteiger partial charge in [0, 0.05) is 12.1 Å². The zero-order chi connectivity index (χ0) is 19.3. The van der Waals surface area contributed by atoms with Crippen LogP contribution in [0.25, 0.3) is 0 Å². The summed E-state index contributed by atoms with van der Waals surface area (Å²) in [6.07, 6.45) is 1.30. The number of aromatic nitrogens is 1. The molecule has 1 N–H and O–H groups in total. The number of alkyl halides is 1. The number of amides is 2. The number of hydrogen-bond acceptors (Lipinski definition) is 4. The number of halogens is 1. The van der Waals surface area contributed by atoms with Crippen molar-refractivity contribution < 1.29 is 14.0 Å². The number of carbonyl (C=O) groups is 2. The molecule has 7 heteroatoms. The average molecular weight is 378 g/mol. The molecule has 0 bridgehead atoms. The van der Waals surface area contributed by atoms with Crippen molar-refractivity contribution in [2.75, 3.05) is 0 Å². The third-order valence-corrected chi connectivity index (χ3v) is 4.16. The molecule has 0 saturated heterocycles. The second kappa shape index (κ2) is 8.85. The highest BCUT2D eigenvalue weighted by atomic mass is 35.5. The van der Waals surface area contributed by atoms with Crippen molar-refractivity contribution >= 4 is 23.4 Å². The number of benzene rings is 1. The maximum Gasteiger partial charge on any atom is 0.273 e. The van der Waals surface area contributed by atoms with Crippen LogP contribution in [0.1, 0.15) is 55.0 Å². The molecule has 2 rings (SSSR count). The van der Waals surface area contributed by atoms with Crippen LogP contribution in [0.15, 0.2) is 41.0 Å². The summed E-state index contributed by atoms with van der Waals surface area (Å²) in [5, 5.41) is 1.95. The van der Waals surface area contributed by atoms with Gasteiger partial charge in [-0.3, -0.25) is 9.59 Å². The summed E-state index contributed by atoms with van der Waals surface area (Å²) in [4.78, 5) is 30.6. The van der Waals surface area contributed by atoms with E-state index in [1.54, 1.807) is 4.90 Å². The lowest BCUT2D eigenvalue weighted by atomic mass is 10.1. The number of rotatable bonds is 7. The third-order valence-electron chi connectivity index (χ3n) is 3.73. The Hall–Kier alpha value is -2.34. The first kappa shape index (κ1) is 20.0. The molecule has 0 aliphatic rings. The van der Waals surface area contributed by atoms with Gasteiger partial charge in [-0.25, -0.2) is 4.98 Å². The van der Waals surface area contributed by atoms with E-state index in [2.05, 4.69) is 10.3 Å². The van der Waals surface area contributed by atoms with E-state index in [0.29, 0.717) is 0 Å². The van der Waals surface area contributed by atoms with E-state index < -0.39 is 5.38 Å². The predicted molar refractivity (Wildman–Crippen MR) is 99.8 cm³/mol. The Balaban J connectivity index is 2.12. The third kappa shape index (κ3) is 5.08. The molecule has 0 radical (unpaired) electrons. The van der Waals surface area contributed by atoms with Crippen molar-refractivity contribution in [1.82, 2.24) is 15.2 Å². The summed E-state index contributed by atoms with van der Waals surface area (Å²) in [7, 11) is 0. The topological polar surface area (TPSA) is 75.4 Å². The molecule has 0 spiro atoms. The Bertz CT molecular complexity index is 743. The van der Waals surface area contributed by atoms with E-state index in [0.717, 1.165) is 5.56 Å². The Morgan fingerprint density at radius 2 is 1.85 bits per heavy atom. The minimum absolute atomic E-state index is 0.000677. The van der Waals surface area contributed by atoms with Crippen LogP contribution in [-0.2, 0) is 11.3 Å². The van der Waals surface area contributed by atoms with Crippen LogP contribution in [0.4, 0.5) is 0 Å². The van der Waals surface area contributed by atoms with Gasteiger partial charge in [-0.05, 0) is 33.3 Å². The molecule has 0 aliphatic carbocycles. The molecule has 1 atom stereocenters. The minimum Gasteiger partial charge on any atom is -0.446 e. The lowest BCUT2D eigenvalue weighted by molar-refractivity contribution is -0.133. The van der Waals surface area contributed by atoms with E-state index in [1.165, 1.54) is 6.26 Å². The molecule has 0 fully saturated rings. The fourth-order valence-corrected chi connectivity index (χ4v) is 2.67. The van der Waals surface area contributed by atoms with E-state index in [-0.39, 0.29) is 42.0 Å². The first-order valence-corrected chi connectivity index (χ1v) is 8.98. The average Bonchev–Trinajstić information content (AvgIpc) is 3.07. The van der Waals surface area contributed by atoms with Crippen molar-refractivity contribution in [2.24, 2.45) is 0 Å². The van der Waals surface area contributed by atoms with Gasteiger partial charge in [0.25, 0.3) is 5.91 Å². The molecular formula is C19H24ClN3O3. The lowest BCUT2D eigenvalue weighted by Crippen LogP contribution is -2.38. The summed E-state index contributed by atoms with van der Waals surface area (Å²) in [5.41, 5.74) is 0.921. The molecule has 1 aromatic heterocycles. The van der Waals surface area contributed by atoms with Crippen LogP contribution in [0.2, 0.25) is 0 Å². The molecule has 0 aliphatic heterocycles. The molecule has 2 aromatic rings. The highest BCUT2D eigenvalue weighted by molar-refractivity contribution is 6.30. The Morgan fingerprint density at radius 3 is 2.42 bits per heavy atom. The van der Waals surface area contributed by atoms with Crippen LogP contribution < -0.4 is 5.32 Å². The SMILES string of the molecule is CC(C)NC(=O)c1coc(CN(C(=O)[C@@H](Cl)c2ccccc2)C(C)C)n1. The zero-order valence-corrected chi connectivity index (χ0v) is 16.2. The molecule has 26 heavy (non-hydrogen) atoms. The number of nitrogens with one attached hydrogen (secondary N) is 1. The number of nitrogens with zero attached hydrogens (tertiary/aromatic N) is 2. The summed E-state index contributed by atoms with van der Waals surface area (Å²) >= 11 is 6.37. The Morgan fingerprint density at radius 1 is 1.19 bits per heavy atom. The summed E-state index contributed by atoms with van der Waals surface area (Å²) in [6.45, 7) is 7.65. The molecule has 140 valence electrons. The summed E-state index contributed by atoms with van der Waals surface area (Å²) < 4.78 is 5.37. The number of carbonyl (C=O) groups excluding carboxylic acids is 2. The lowest BCUT2D eigenvalue weighted by Gasteiger charge is -2.27. The van der Waals surface area contributed by atoms with Crippen molar-refractivity contribution in [2.45, 2.75) is 51.7 Å².